The molecule has 30 heavy (non-hydrogen) atoms. The molecule has 5 rings (SSSR count). The number of aryl methyl sites for hydroxylation is 2. The second-order valence-electron chi connectivity index (χ2n) is 9.02. The summed E-state index contributed by atoms with van der Waals surface area (Å²) in [6, 6.07) is 14.3. The van der Waals surface area contributed by atoms with E-state index in [-0.39, 0.29) is 24.2 Å². The Labute approximate surface area is 178 Å². The van der Waals surface area contributed by atoms with Crippen LogP contribution in [0.5, 0.6) is 11.5 Å². The highest BCUT2D eigenvalue weighted by atomic mass is 16.5. The lowest BCUT2D eigenvalue weighted by Gasteiger charge is -2.46. The second-order valence-corrected chi connectivity index (χ2v) is 9.02. The van der Waals surface area contributed by atoms with Gasteiger partial charge in [0.15, 0.2) is 6.61 Å². The average Bonchev–Trinajstić information content (AvgIpc) is 3.22. The lowest BCUT2D eigenvalue weighted by atomic mass is 9.80. The highest BCUT2D eigenvalue weighted by molar-refractivity contribution is 5.78. The van der Waals surface area contributed by atoms with E-state index in [4.69, 9.17) is 9.47 Å². The van der Waals surface area contributed by atoms with E-state index in [9.17, 15) is 4.79 Å². The predicted octanol–water partition coefficient (Wildman–Crippen LogP) is 3.66. The molecule has 1 spiro atoms. The minimum atomic E-state index is -0.195. The van der Waals surface area contributed by atoms with Gasteiger partial charge in [-0.1, -0.05) is 24.3 Å². The van der Waals surface area contributed by atoms with Crippen molar-refractivity contribution >= 4 is 5.91 Å². The van der Waals surface area contributed by atoms with Crippen LogP contribution < -0.4 is 14.8 Å². The van der Waals surface area contributed by atoms with Gasteiger partial charge in [-0.05, 0) is 68.5 Å². The third-order valence-electron chi connectivity index (χ3n) is 6.87. The second kappa shape index (κ2) is 7.95. The Morgan fingerprint density at radius 1 is 1.17 bits per heavy atom. The van der Waals surface area contributed by atoms with Crippen molar-refractivity contribution < 1.29 is 14.3 Å². The molecule has 0 saturated carbocycles. The Balaban J connectivity index is 1.26. The van der Waals surface area contributed by atoms with Crippen molar-refractivity contribution in [2.75, 3.05) is 26.7 Å². The van der Waals surface area contributed by atoms with E-state index in [1.807, 2.05) is 24.3 Å². The molecule has 2 aromatic rings. The molecule has 1 fully saturated rings. The summed E-state index contributed by atoms with van der Waals surface area (Å²) in [4.78, 5) is 15.1. The van der Waals surface area contributed by atoms with E-state index in [1.165, 1.54) is 17.5 Å². The summed E-state index contributed by atoms with van der Waals surface area (Å²) in [6.45, 7) is 2.07. The Morgan fingerprint density at radius 3 is 2.83 bits per heavy atom. The first-order chi connectivity index (χ1) is 14.6. The van der Waals surface area contributed by atoms with Crippen LogP contribution in [0, 0.1) is 0 Å². The quantitative estimate of drug-likeness (QED) is 0.842. The number of nitrogens with one attached hydrogen (secondary N) is 1. The van der Waals surface area contributed by atoms with E-state index in [0.717, 1.165) is 62.3 Å². The molecule has 1 N–H and O–H groups in total. The van der Waals surface area contributed by atoms with Crippen LogP contribution in [0.3, 0.4) is 0 Å². The van der Waals surface area contributed by atoms with Crippen molar-refractivity contribution in [2.45, 2.75) is 50.2 Å². The molecule has 1 unspecified atom stereocenters. The first-order valence-electron chi connectivity index (χ1n) is 11.1. The molecule has 0 bridgehead atoms. The van der Waals surface area contributed by atoms with Gasteiger partial charge in [0.2, 0.25) is 0 Å². The fourth-order valence-corrected chi connectivity index (χ4v) is 5.10. The molecule has 5 nitrogen and oxygen atoms in total. The molecule has 1 atom stereocenters. The van der Waals surface area contributed by atoms with Crippen LogP contribution in [0.25, 0.3) is 0 Å². The van der Waals surface area contributed by atoms with Gasteiger partial charge in [-0.2, -0.15) is 0 Å². The molecule has 158 valence electrons. The molecule has 2 heterocycles. The SMILES string of the molecule is CN1CCC2(CC1)CC(NC(=O)COc1ccc3c(c1)CCC3)c1ccccc1O2. The van der Waals surface area contributed by atoms with Gasteiger partial charge in [0.25, 0.3) is 5.91 Å². The van der Waals surface area contributed by atoms with Gasteiger partial charge in [-0.15, -0.1) is 0 Å². The number of carbonyl (C=O) groups excluding carboxylic acids is 1. The summed E-state index contributed by atoms with van der Waals surface area (Å²) in [5.41, 5.74) is 3.64. The fourth-order valence-electron chi connectivity index (χ4n) is 5.10. The summed E-state index contributed by atoms with van der Waals surface area (Å²) < 4.78 is 12.3. The number of para-hydroxylation sites is 1. The molecule has 2 aliphatic heterocycles. The van der Waals surface area contributed by atoms with Gasteiger partial charge < -0.3 is 19.7 Å². The normalized spacial score (nSPS) is 22.1. The zero-order chi connectivity index (χ0) is 20.6. The Bertz CT molecular complexity index is 934. The van der Waals surface area contributed by atoms with E-state index in [0.29, 0.717) is 0 Å². The van der Waals surface area contributed by atoms with Gasteiger partial charge in [0, 0.05) is 25.1 Å². The van der Waals surface area contributed by atoms with Crippen LogP contribution in [0.1, 0.15) is 48.4 Å². The molecule has 5 heteroatoms. The fraction of sp³-hybridized carbons (Fsp3) is 0.480. The summed E-state index contributed by atoms with van der Waals surface area (Å²) in [5, 5.41) is 3.22. The maximum atomic E-state index is 12.8. The average molecular weight is 407 g/mol. The van der Waals surface area contributed by atoms with Crippen molar-refractivity contribution in [2.24, 2.45) is 0 Å². The number of hydrogen-bond acceptors (Lipinski definition) is 4. The van der Waals surface area contributed by atoms with E-state index >= 15 is 0 Å². The first-order valence-corrected chi connectivity index (χ1v) is 11.1. The van der Waals surface area contributed by atoms with E-state index in [2.05, 4.69) is 35.5 Å². The standard InChI is InChI=1S/C25H30N2O3/c1-27-13-11-25(12-14-27)16-22(21-7-2-3-8-23(21)30-25)26-24(28)17-29-20-10-9-18-5-4-6-19(18)15-20/h2-3,7-10,15,22H,4-6,11-14,16-17H2,1H3,(H,26,28). The van der Waals surface area contributed by atoms with Crippen molar-refractivity contribution in [3.05, 3.63) is 59.2 Å². The maximum absolute atomic E-state index is 12.8. The van der Waals surface area contributed by atoms with E-state index in [1.54, 1.807) is 0 Å². The van der Waals surface area contributed by atoms with Crippen molar-refractivity contribution in [3.63, 3.8) is 0 Å². The first kappa shape index (κ1) is 19.4. The molecule has 2 aromatic carbocycles. The lowest BCUT2D eigenvalue weighted by molar-refractivity contribution is -0.124. The number of rotatable bonds is 4. The van der Waals surface area contributed by atoms with E-state index < -0.39 is 0 Å². The Kier molecular flexibility index (Phi) is 5.15. The van der Waals surface area contributed by atoms with Crippen LogP contribution in [0.4, 0.5) is 0 Å². The van der Waals surface area contributed by atoms with Crippen LogP contribution in [0.2, 0.25) is 0 Å². The highest BCUT2D eigenvalue weighted by Crippen LogP contribution is 2.44. The number of hydrogen-bond donors (Lipinski definition) is 1. The van der Waals surface area contributed by atoms with Crippen LogP contribution in [-0.2, 0) is 17.6 Å². The largest absolute Gasteiger partial charge is 0.487 e. The van der Waals surface area contributed by atoms with Gasteiger partial charge in [-0.3, -0.25) is 4.79 Å². The molecule has 0 radical (unpaired) electrons. The number of fused-ring (bicyclic) bond motifs is 2. The third kappa shape index (κ3) is 3.91. The number of amides is 1. The van der Waals surface area contributed by atoms with Gasteiger partial charge >= 0.3 is 0 Å². The number of piperidine rings is 1. The van der Waals surface area contributed by atoms with Crippen molar-refractivity contribution in [1.29, 1.82) is 0 Å². The molecular weight excluding hydrogens is 376 g/mol. The number of nitrogens with zero attached hydrogens (tertiary/aromatic N) is 1. The maximum Gasteiger partial charge on any atom is 0.258 e. The minimum absolute atomic E-state index is 0.0358. The predicted molar refractivity (Wildman–Crippen MR) is 116 cm³/mol. The van der Waals surface area contributed by atoms with Crippen LogP contribution in [0.15, 0.2) is 42.5 Å². The number of ether oxygens (including phenoxy) is 2. The van der Waals surface area contributed by atoms with Gasteiger partial charge in [-0.25, -0.2) is 0 Å². The summed E-state index contributed by atoms with van der Waals surface area (Å²) >= 11 is 0. The molecule has 0 aromatic heterocycles. The highest BCUT2D eigenvalue weighted by Gasteiger charge is 2.43. The monoisotopic (exact) mass is 406 g/mol. The Morgan fingerprint density at radius 2 is 1.97 bits per heavy atom. The lowest BCUT2D eigenvalue weighted by Crippen LogP contribution is -2.51. The van der Waals surface area contributed by atoms with Crippen LogP contribution in [-0.4, -0.2) is 43.2 Å². The van der Waals surface area contributed by atoms with Gasteiger partial charge in [0.1, 0.15) is 17.1 Å². The molecule has 3 aliphatic rings. The van der Waals surface area contributed by atoms with Crippen molar-refractivity contribution in [1.82, 2.24) is 10.2 Å². The number of carbonyl (C=O) groups is 1. The molecule has 1 saturated heterocycles. The summed E-state index contributed by atoms with van der Waals surface area (Å²) in [6.07, 6.45) is 6.24. The molecule has 1 amide bonds. The zero-order valence-corrected chi connectivity index (χ0v) is 17.7. The van der Waals surface area contributed by atoms with Gasteiger partial charge in [0.05, 0.1) is 6.04 Å². The number of likely N-dealkylation sites (tertiary alicyclic amines) is 1. The third-order valence-corrected chi connectivity index (χ3v) is 6.87. The topological polar surface area (TPSA) is 50.8 Å². The Hall–Kier alpha value is -2.53. The smallest absolute Gasteiger partial charge is 0.258 e. The summed E-state index contributed by atoms with van der Waals surface area (Å²) in [5.74, 6) is 1.60. The zero-order valence-electron chi connectivity index (χ0n) is 17.7. The van der Waals surface area contributed by atoms with Crippen molar-refractivity contribution in [3.8, 4) is 11.5 Å². The summed E-state index contributed by atoms with van der Waals surface area (Å²) in [7, 11) is 2.15. The minimum Gasteiger partial charge on any atom is -0.487 e. The number of benzene rings is 2. The molecular formula is C25H30N2O3. The van der Waals surface area contributed by atoms with Crippen LogP contribution >= 0.6 is 0 Å². The molecule has 1 aliphatic carbocycles.